The lowest BCUT2D eigenvalue weighted by atomic mass is 9.60. The molecular formula is C24H25Cl2FN2O5. The Balaban J connectivity index is 1.27. The van der Waals surface area contributed by atoms with Crippen molar-refractivity contribution in [1.82, 2.24) is 10.6 Å². The highest BCUT2D eigenvalue weighted by Crippen LogP contribution is 2.47. The molecule has 34 heavy (non-hydrogen) atoms. The Morgan fingerprint density at radius 2 is 1.53 bits per heavy atom. The molecule has 0 aliphatic heterocycles. The maximum Gasteiger partial charge on any atom is 0.258 e. The number of nitrogens with one attached hydrogen (secondary N) is 2. The van der Waals surface area contributed by atoms with E-state index in [0.29, 0.717) is 42.9 Å². The van der Waals surface area contributed by atoms with Gasteiger partial charge in [-0.1, -0.05) is 23.2 Å². The van der Waals surface area contributed by atoms with E-state index in [1.54, 1.807) is 24.3 Å². The lowest BCUT2D eigenvalue weighted by Crippen LogP contribution is -2.70. The monoisotopic (exact) mass is 510 g/mol. The van der Waals surface area contributed by atoms with E-state index in [4.69, 9.17) is 32.7 Å². The molecule has 3 aliphatic carbocycles. The van der Waals surface area contributed by atoms with E-state index in [2.05, 4.69) is 10.6 Å². The van der Waals surface area contributed by atoms with Gasteiger partial charge in [0.05, 0.1) is 16.7 Å². The molecule has 0 unspecified atom stereocenters. The summed E-state index contributed by atoms with van der Waals surface area (Å²) in [4.78, 5) is 25.0. The molecule has 3 aliphatic rings. The quantitative estimate of drug-likeness (QED) is 0.503. The van der Waals surface area contributed by atoms with Crippen molar-refractivity contribution in [2.24, 2.45) is 0 Å². The fourth-order valence-corrected chi connectivity index (χ4v) is 4.95. The minimum Gasteiger partial charge on any atom is -0.484 e. The van der Waals surface area contributed by atoms with Crippen LogP contribution in [0, 0.1) is 5.82 Å². The highest BCUT2D eigenvalue weighted by atomic mass is 35.5. The number of benzene rings is 2. The van der Waals surface area contributed by atoms with Gasteiger partial charge in [-0.05, 0) is 68.5 Å². The molecule has 182 valence electrons. The molecule has 3 N–H and O–H groups in total. The van der Waals surface area contributed by atoms with Crippen LogP contribution in [-0.4, -0.2) is 47.3 Å². The van der Waals surface area contributed by atoms with Gasteiger partial charge >= 0.3 is 0 Å². The predicted octanol–water partition coefficient (Wildman–Crippen LogP) is 3.64. The van der Waals surface area contributed by atoms with Gasteiger partial charge in [0.1, 0.15) is 17.3 Å². The van der Waals surface area contributed by atoms with Crippen LogP contribution in [0.4, 0.5) is 4.39 Å². The summed E-state index contributed by atoms with van der Waals surface area (Å²) in [6, 6.07) is 10.7. The fraction of sp³-hybridized carbons (Fsp3) is 0.417. The van der Waals surface area contributed by atoms with Crippen molar-refractivity contribution in [3.63, 3.8) is 0 Å². The smallest absolute Gasteiger partial charge is 0.258 e. The first-order valence-electron chi connectivity index (χ1n) is 11.0. The van der Waals surface area contributed by atoms with Crippen molar-refractivity contribution in [3.8, 4) is 11.5 Å². The van der Waals surface area contributed by atoms with Crippen LogP contribution in [0.3, 0.4) is 0 Å². The number of hydrogen-bond acceptors (Lipinski definition) is 5. The molecule has 2 aromatic rings. The highest BCUT2D eigenvalue weighted by molar-refractivity contribution is 6.31. The number of fused-ring (bicyclic) bond motifs is 3. The van der Waals surface area contributed by atoms with Gasteiger partial charge in [-0.3, -0.25) is 9.59 Å². The number of amides is 2. The molecule has 5 rings (SSSR count). The largest absolute Gasteiger partial charge is 0.484 e. The molecule has 0 heterocycles. The second kappa shape index (κ2) is 9.98. The lowest BCUT2D eigenvalue weighted by Gasteiger charge is -2.56. The van der Waals surface area contributed by atoms with Gasteiger partial charge in [0.15, 0.2) is 13.2 Å². The summed E-state index contributed by atoms with van der Waals surface area (Å²) in [5.74, 6) is -0.592. The SMILES string of the molecule is O=C(COc1ccc(Cl)c(F)c1)NC12CCC(NC(=O)COc3ccc(Cl)cc3)(CC1)[C@@H](O)C2. The average molecular weight is 511 g/mol. The van der Waals surface area contributed by atoms with E-state index in [0.717, 1.165) is 6.07 Å². The second-order valence-electron chi connectivity index (χ2n) is 8.86. The zero-order chi connectivity index (χ0) is 24.3. The summed E-state index contributed by atoms with van der Waals surface area (Å²) in [5.41, 5.74) is -1.32. The lowest BCUT2D eigenvalue weighted by molar-refractivity contribution is -0.137. The molecule has 2 amide bonds. The number of hydrogen-bond donors (Lipinski definition) is 3. The van der Waals surface area contributed by atoms with E-state index >= 15 is 0 Å². The first-order chi connectivity index (χ1) is 16.2. The predicted molar refractivity (Wildman–Crippen MR) is 125 cm³/mol. The summed E-state index contributed by atoms with van der Waals surface area (Å²) in [7, 11) is 0. The number of aliphatic hydroxyl groups excluding tert-OH is 1. The Hall–Kier alpha value is -2.55. The van der Waals surface area contributed by atoms with Crippen LogP contribution in [0.25, 0.3) is 0 Å². The molecule has 10 heteroatoms. The summed E-state index contributed by atoms with van der Waals surface area (Å²) >= 11 is 11.5. The van der Waals surface area contributed by atoms with Crippen molar-refractivity contribution in [2.75, 3.05) is 13.2 Å². The number of halogens is 3. The molecule has 0 radical (unpaired) electrons. The van der Waals surface area contributed by atoms with Crippen LogP contribution in [0.2, 0.25) is 10.0 Å². The number of aliphatic hydroxyl groups is 1. The fourth-order valence-electron chi connectivity index (χ4n) is 4.70. The summed E-state index contributed by atoms with van der Waals surface area (Å²) < 4.78 is 24.4. The minimum atomic E-state index is -0.818. The first kappa shape index (κ1) is 24.6. The standard InChI is InChI=1S/C24H25Cl2FN2O5/c25-15-1-3-16(4-2-15)33-14-22(32)29-24-9-7-23(8-10-24,12-20(24)30)28-21(31)13-34-17-5-6-18(26)19(27)11-17/h1-6,11,20,30H,7-10,12-14H2,(H,28,31)(H,29,32)/t20-,23?,24?/m0/s1. The molecule has 3 fully saturated rings. The molecule has 0 spiro atoms. The third kappa shape index (κ3) is 5.56. The Morgan fingerprint density at radius 1 is 0.941 bits per heavy atom. The van der Waals surface area contributed by atoms with Crippen molar-refractivity contribution in [3.05, 3.63) is 58.3 Å². The summed E-state index contributed by atoms with van der Waals surface area (Å²) in [6.45, 7) is -0.469. The number of carbonyl (C=O) groups is 2. The topological polar surface area (TPSA) is 96.9 Å². The number of ether oxygens (including phenoxy) is 2. The van der Waals surface area contributed by atoms with Crippen molar-refractivity contribution in [2.45, 2.75) is 49.3 Å². The minimum absolute atomic E-state index is 0.0267. The van der Waals surface area contributed by atoms with E-state index in [-0.39, 0.29) is 35.8 Å². The molecule has 0 aromatic heterocycles. The maximum atomic E-state index is 13.5. The zero-order valence-electron chi connectivity index (χ0n) is 18.3. The molecule has 2 aromatic carbocycles. The van der Waals surface area contributed by atoms with Crippen molar-refractivity contribution in [1.29, 1.82) is 0 Å². The van der Waals surface area contributed by atoms with Crippen LogP contribution in [0.15, 0.2) is 42.5 Å². The van der Waals surface area contributed by atoms with E-state index in [1.807, 2.05) is 0 Å². The molecule has 0 saturated heterocycles. The zero-order valence-corrected chi connectivity index (χ0v) is 19.8. The van der Waals surface area contributed by atoms with Gasteiger partial charge in [0, 0.05) is 16.6 Å². The van der Waals surface area contributed by atoms with Crippen molar-refractivity contribution >= 4 is 35.0 Å². The van der Waals surface area contributed by atoms with E-state index < -0.39 is 23.0 Å². The third-order valence-electron chi connectivity index (χ3n) is 6.56. The average Bonchev–Trinajstić information content (AvgIpc) is 2.81. The third-order valence-corrected chi connectivity index (χ3v) is 7.12. The maximum absolute atomic E-state index is 13.5. The Bertz CT molecular complexity index is 1060. The first-order valence-corrected chi connectivity index (χ1v) is 11.7. The summed E-state index contributed by atoms with van der Waals surface area (Å²) in [6.07, 6.45) is 1.73. The Kier molecular flexibility index (Phi) is 7.21. The second-order valence-corrected chi connectivity index (χ2v) is 9.70. The van der Waals surface area contributed by atoms with E-state index in [1.165, 1.54) is 12.1 Å². The van der Waals surface area contributed by atoms with Crippen LogP contribution < -0.4 is 20.1 Å². The van der Waals surface area contributed by atoms with Gasteiger partial charge in [-0.25, -0.2) is 4.39 Å². The molecule has 3 saturated carbocycles. The number of rotatable bonds is 8. The van der Waals surface area contributed by atoms with Crippen molar-refractivity contribution < 1.29 is 28.6 Å². The Labute approximate surface area is 206 Å². The summed E-state index contributed by atoms with van der Waals surface area (Å²) in [5, 5.41) is 17.3. The van der Waals surface area contributed by atoms with E-state index in [9.17, 15) is 19.1 Å². The highest BCUT2D eigenvalue weighted by Gasteiger charge is 2.55. The molecular weight excluding hydrogens is 486 g/mol. The van der Waals surface area contributed by atoms with Gasteiger partial charge in [0.2, 0.25) is 0 Å². The molecule has 1 atom stereocenters. The van der Waals surface area contributed by atoms with Crippen LogP contribution in [-0.2, 0) is 9.59 Å². The van der Waals surface area contributed by atoms with Gasteiger partial charge in [0.25, 0.3) is 11.8 Å². The van der Waals surface area contributed by atoms with Gasteiger partial charge < -0.3 is 25.2 Å². The normalized spacial score (nSPS) is 25.5. The van der Waals surface area contributed by atoms with Crippen LogP contribution >= 0.6 is 23.2 Å². The van der Waals surface area contributed by atoms with Crippen LogP contribution in [0.1, 0.15) is 32.1 Å². The van der Waals surface area contributed by atoms with Gasteiger partial charge in [-0.2, -0.15) is 0 Å². The molecule has 2 bridgehead atoms. The number of carbonyl (C=O) groups excluding carboxylic acids is 2. The Morgan fingerprint density at radius 3 is 2.15 bits per heavy atom. The molecule has 7 nitrogen and oxygen atoms in total. The van der Waals surface area contributed by atoms with Gasteiger partial charge in [-0.15, -0.1) is 0 Å². The van der Waals surface area contributed by atoms with Crippen LogP contribution in [0.5, 0.6) is 11.5 Å².